The Morgan fingerprint density at radius 3 is 2.86 bits per heavy atom. The van der Waals surface area contributed by atoms with Crippen LogP contribution < -0.4 is 11.1 Å². The molecule has 8 heteroatoms. The molecule has 1 fully saturated rings. The van der Waals surface area contributed by atoms with Crippen LogP contribution in [0.5, 0.6) is 0 Å². The summed E-state index contributed by atoms with van der Waals surface area (Å²) in [4.78, 5) is 0.288. The van der Waals surface area contributed by atoms with Crippen molar-refractivity contribution in [3.8, 4) is 6.07 Å². The Bertz CT molecular complexity index is 640. The monoisotopic (exact) mass is 329 g/mol. The van der Waals surface area contributed by atoms with Crippen LogP contribution in [0.2, 0.25) is 0 Å². The third-order valence-corrected chi connectivity index (χ3v) is 6.46. The van der Waals surface area contributed by atoms with Gasteiger partial charge in [0.2, 0.25) is 0 Å². The zero-order valence-electron chi connectivity index (χ0n) is 11.9. The molecular weight excluding hydrogens is 310 g/mol. The Balaban J connectivity index is 2.24. The fraction of sp³-hybridized carbons (Fsp3) is 0.615. The molecule has 3 N–H and O–H groups in total. The molecule has 1 aromatic heterocycles. The molecule has 2 rings (SSSR count). The number of sulfone groups is 1. The van der Waals surface area contributed by atoms with Crippen molar-refractivity contribution in [1.82, 2.24) is 0 Å². The Hall–Kier alpha value is -1.30. The van der Waals surface area contributed by atoms with E-state index in [2.05, 4.69) is 5.32 Å². The Labute approximate surface area is 128 Å². The molecular formula is C13H19N3O3S2. The Morgan fingerprint density at radius 2 is 2.29 bits per heavy atom. The van der Waals surface area contributed by atoms with Crippen molar-refractivity contribution < 1.29 is 13.2 Å². The number of hydrogen-bond donors (Lipinski definition) is 2. The van der Waals surface area contributed by atoms with Crippen LogP contribution in [0.4, 0.5) is 10.7 Å². The minimum atomic E-state index is -3.47. The summed E-state index contributed by atoms with van der Waals surface area (Å²) < 4.78 is 29.9. The van der Waals surface area contributed by atoms with Gasteiger partial charge in [0.25, 0.3) is 0 Å². The van der Waals surface area contributed by atoms with E-state index in [1.165, 1.54) is 0 Å². The maximum absolute atomic E-state index is 12.2. The summed E-state index contributed by atoms with van der Waals surface area (Å²) in [6, 6.07) is 1.95. The summed E-state index contributed by atoms with van der Waals surface area (Å²) in [5.41, 5.74) is 5.87. The zero-order chi connectivity index (χ0) is 15.5. The summed E-state index contributed by atoms with van der Waals surface area (Å²) in [6.07, 6.45) is 3.21. The second-order valence-corrected chi connectivity index (χ2v) is 8.12. The van der Waals surface area contributed by atoms with Gasteiger partial charge in [0, 0.05) is 13.2 Å². The molecule has 2 heterocycles. The largest absolute Gasteiger partial charge is 0.396 e. The average Bonchev–Trinajstić information content (AvgIpc) is 2.83. The Morgan fingerprint density at radius 1 is 1.52 bits per heavy atom. The molecule has 0 saturated carbocycles. The molecule has 0 aliphatic carbocycles. The van der Waals surface area contributed by atoms with E-state index in [0.717, 1.165) is 37.2 Å². The van der Waals surface area contributed by atoms with Gasteiger partial charge in [-0.2, -0.15) is 5.26 Å². The number of nitrogen functional groups attached to an aromatic ring is 1. The van der Waals surface area contributed by atoms with Gasteiger partial charge in [0.05, 0.1) is 17.5 Å². The lowest BCUT2D eigenvalue weighted by molar-refractivity contribution is 0.0248. The number of ether oxygens (including phenoxy) is 1. The summed E-state index contributed by atoms with van der Waals surface area (Å²) in [5.74, 6) is -0.0482. The van der Waals surface area contributed by atoms with E-state index in [1.807, 2.05) is 6.07 Å². The van der Waals surface area contributed by atoms with Gasteiger partial charge < -0.3 is 15.8 Å². The van der Waals surface area contributed by atoms with Crippen LogP contribution in [0.25, 0.3) is 0 Å². The van der Waals surface area contributed by atoms with Gasteiger partial charge in [-0.15, -0.1) is 11.3 Å². The molecule has 0 radical (unpaired) electrons. The number of thiophene rings is 1. The lowest BCUT2D eigenvalue weighted by Gasteiger charge is -2.23. The van der Waals surface area contributed by atoms with E-state index in [9.17, 15) is 8.42 Å². The highest BCUT2D eigenvalue weighted by molar-refractivity contribution is 7.91. The van der Waals surface area contributed by atoms with Gasteiger partial charge in [-0.1, -0.05) is 6.92 Å². The summed E-state index contributed by atoms with van der Waals surface area (Å²) in [5, 5.41) is 12.6. The van der Waals surface area contributed by atoms with Crippen molar-refractivity contribution >= 4 is 31.9 Å². The molecule has 1 unspecified atom stereocenters. The smallest absolute Gasteiger partial charge is 0.183 e. The molecule has 1 aliphatic heterocycles. The molecule has 6 nitrogen and oxygen atoms in total. The summed E-state index contributed by atoms with van der Waals surface area (Å²) in [6.45, 7) is 2.83. The maximum atomic E-state index is 12.2. The molecule has 0 bridgehead atoms. The van der Waals surface area contributed by atoms with E-state index in [1.54, 1.807) is 6.92 Å². The van der Waals surface area contributed by atoms with Gasteiger partial charge in [-0.3, -0.25) is 0 Å². The minimum Gasteiger partial charge on any atom is -0.396 e. The zero-order valence-corrected chi connectivity index (χ0v) is 13.5. The van der Waals surface area contributed by atoms with E-state index in [4.69, 9.17) is 15.7 Å². The van der Waals surface area contributed by atoms with E-state index < -0.39 is 9.84 Å². The van der Waals surface area contributed by atoms with Crippen LogP contribution in [-0.4, -0.2) is 33.4 Å². The molecule has 1 aromatic rings. The molecule has 1 aliphatic rings. The van der Waals surface area contributed by atoms with Crippen molar-refractivity contribution in [3.05, 3.63) is 4.88 Å². The number of hydrogen-bond acceptors (Lipinski definition) is 7. The maximum Gasteiger partial charge on any atom is 0.183 e. The van der Waals surface area contributed by atoms with Gasteiger partial charge in [0.1, 0.15) is 20.8 Å². The summed E-state index contributed by atoms with van der Waals surface area (Å²) >= 11 is 1.08. The van der Waals surface area contributed by atoms with Crippen LogP contribution in [0.15, 0.2) is 4.90 Å². The standard InChI is InChI=1S/C13H19N3O3S2/c1-2-21(17,18)12-11(15)10(7-14)20-13(12)16-8-9-5-3-4-6-19-9/h9,16H,2-6,8,15H2,1H3. The lowest BCUT2D eigenvalue weighted by atomic mass is 10.1. The van der Waals surface area contributed by atoms with Gasteiger partial charge in [0.15, 0.2) is 9.84 Å². The second-order valence-electron chi connectivity index (χ2n) is 4.89. The van der Waals surface area contributed by atoms with Crippen LogP contribution in [0.1, 0.15) is 31.1 Å². The van der Waals surface area contributed by atoms with Gasteiger partial charge >= 0.3 is 0 Å². The van der Waals surface area contributed by atoms with Crippen LogP contribution in [0, 0.1) is 11.3 Å². The molecule has 0 spiro atoms. The average molecular weight is 329 g/mol. The molecule has 0 amide bonds. The first kappa shape index (κ1) is 16.1. The number of nitrogens with two attached hydrogens (primary N) is 1. The van der Waals surface area contributed by atoms with Gasteiger partial charge in [-0.25, -0.2) is 8.42 Å². The fourth-order valence-electron chi connectivity index (χ4n) is 2.26. The van der Waals surface area contributed by atoms with Crippen LogP contribution in [0.3, 0.4) is 0 Å². The number of nitrogens with zero attached hydrogens (tertiary/aromatic N) is 1. The van der Waals surface area contributed by atoms with Gasteiger partial charge in [-0.05, 0) is 19.3 Å². The number of anilines is 2. The highest BCUT2D eigenvalue weighted by atomic mass is 32.2. The van der Waals surface area contributed by atoms with E-state index in [0.29, 0.717) is 11.5 Å². The molecule has 1 saturated heterocycles. The molecule has 116 valence electrons. The lowest BCUT2D eigenvalue weighted by Crippen LogP contribution is -2.27. The third-order valence-electron chi connectivity index (χ3n) is 3.46. The predicted octanol–water partition coefficient (Wildman–Crippen LogP) is 1.98. The number of nitriles is 1. The van der Waals surface area contributed by atoms with Crippen molar-refractivity contribution in [1.29, 1.82) is 5.26 Å². The first-order valence-corrected chi connectivity index (χ1v) is 9.37. The molecule has 21 heavy (non-hydrogen) atoms. The predicted molar refractivity (Wildman–Crippen MR) is 83.3 cm³/mol. The number of rotatable bonds is 5. The van der Waals surface area contributed by atoms with Crippen molar-refractivity contribution in [2.24, 2.45) is 0 Å². The van der Waals surface area contributed by atoms with Crippen molar-refractivity contribution in [3.63, 3.8) is 0 Å². The highest BCUT2D eigenvalue weighted by Crippen LogP contribution is 2.39. The summed E-state index contributed by atoms with van der Waals surface area (Å²) in [7, 11) is -3.47. The van der Waals surface area contributed by atoms with Crippen molar-refractivity contribution in [2.75, 3.05) is 30.0 Å². The Kier molecular flexibility index (Phi) is 5.08. The first-order chi connectivity index (χ1) is 9.99. The number of nitrogens with one attached hydrogen (secondary N) is 1. The van der Waals surface area contributed by atoms with Crippen molar-refractivity contribution in [2.45, 2.75) is 37.2 Å². The third kappa shape index (κ3) is 3.48. The first-order valence-electron chi connectivity index (χ1n) is 6.90. The SMILES string of the molecule is CCS(=O)(=O)c1c(NCC2CCCCO2)sc(C#N)c1N. The quantitative estimate of drug-likeness (QED) is 0.855. The normalized spacial score (nSPS) is 19.1. The van der Waals surface area contributed by atoms with Crippen LogP contribution >= 0.6 is 11.3 Å². The van der Waals surface area contributed by atoms with Crippen LogP contribution in [-0.2, 0) is 14.6 Å². The minimum absolute atomic E-state index is 0.0482. The topological polar surface area (TPSA) is 105 Å². The second kappa shape index (κ2) is 6.64. The highest BCUT2D eigenvalue weighted by Gasteiger charge is 2.26. The van der Waals surface area contributed by atoms with E-state index in [-0.39, 0.29) is 27.3 Å². The molecule has 0 aromatic carbocycles. The fourth-order valence-corrected chi connectivity index (χ4v) is 4.73. The molecule has 1 atom stereocenters. The van der Waals surface area contributed by atoms with E-state index >= 15 is 0 Å².